The predicted molar refractivity (Wildman–Crippen MR) is 67.0 cm³/mol. The number of nitrogens with zero attached hydrogens (tertiary/aromatic N) is 4. The summed E-state index contributed by atoms with van der Waals surface area (Å²) in [5.41, 5.74) is 8.09. The number of rotatable bonds is 4. The van der Waals surface area contributed by atoms with Crippen molar-refractivity contribution in [3.63, 3.8) is 0 Å². The second kappa shape index (κ2) is 4.71. The molecule has 0 unspecified atom stereocenters. The molecule has 2 rings (SSSR count). The van der Waals surface area contributed by atoms with Crippen LogP contribution in [0.15, 0.2) is 24.9 Å². The Bertz CT molecular complexity index is 483. The maximum Gasteiger partial charge on any atom is 0.0995 e. The van der Waals surface area contributed by atoms with Gasteiger partial charge in [0.25, 0.3) is 0 Å². The summed E-state index contributed by atoms with van der Waals surface area (Å²) < 4.78 is 3.93. The lowest BCUT2D eigenvalue weighted by molar-refractivity contribution is 0.532. The van der Waals surface area contributed by atoms with Crippen molar-refractivity contribution < 1.29 is 0 Å². The lowest BCUT2D eigenvalue weighted by Crippen LogP contribution is -2.13. The van der Waals surface area contributed by atoms with Gasteiger partial charge in [-0.3, -0.25) is 9.25 Å². The summed E-state index contributed by atoms with van der Waals surface area (Å²) in [4.78, 5) is 4.17. The van der Waals surface area contributed by atoms with Gasteiger partial charge in [0.1, 0.15) is 0 Å². The molecule has 1 atom stereocenters. The van der Waals surface area contributed by atoms with E-state index in [1.165, 1.54) is 0 Å². The quantitative estimate of drug-likeness (QED) is 0.879. The van der Waals surface area contributed by atoms with Crippen LogP contribution >= 0.6 is 0 Å². The fourth-order valence-corrected chi connectivity index (χ4v) is 1.74. The van der Waals surface area contributed by atoms with Crippen LogP contribution in [0.4, 0.5) is 0 Å². The molecule has 5 heteroatoms. The molecular formula is C12H19N5. The van der Waals surface area contributed by atoms with E-state index in [1.807, 2.05) is 27.8 Å². The van der Waals surface area contributed by atoms with Crippen LogP contribution in [0.1, 0.15) is 45.0 Å². The van der Waals surface area contributed by atoms with Crippen LogP contribution in [0, 0.1) is 0 Å². The van der Waals surface area contributed by atoms with Gasteiger partial charge in [-0.15, -0.1) is 0 Å². The van der Waals surface area contributed by atoms with Crippen LogP contribution in [-0.4, -0.2) is 19.3 Å². The second-order valence-corrected chi connectivity index (χ2v) is 4.48. The van der Waals surface area contributed by atoms with E-state index in [9.17, 15) is 0 Å². The van der Waals surface area contributed by atoms with Gasteiger partial charge >= 0.3 is 0 Å². The van der Waals surface area contributed by atoms with Crippen molar-refractivity contribution in [3.05, 3.63) is 30.6 Å². The largest absolute Gasteiger partial charge is 0.323 e. The first-order chi connectivity index (χ1) is 8.13. The summed E-state index contributed by atoms with van der Waals surface area (Å²) in [7, 11) is 0. The van der Waals surface area contributed by atoms with Crippen molar-refractivity contribution in [3.8, 4) is 5.69 Å². The molecule has 2 N–H and O–H groups in total. The molecule has 0 aromatic carbocycles. The average molecular weight is 233 g/mol. The Hall–Kier alpha value is -1.62. The van der Waals surface area contributed by atoms with Crippen molar-refractivity contribution in [2.75, 3.05) is 0 Å². The van der Waals surface area contributed by atoms with Crippen LogP contribution in [0.3, 0.4) is 0 Å². The smallest absolute Gasteiger partial charge is 0.0995 e. The first-order valence-corrected chi connectivity index (χ1v) is 5.95. The van der Waals surface area contributed by atoms with E-state index in [2.05, 4.69) is 30.9 Å². The van der Waals surface area contributed by atoms with E-state index >= 15 is 0 Å². The van der Waals surface area contributed by atoms with E-state index in [-0.39, 0.29) is 6.04 Å². The SMILES string of the molecule is CC[C@@H](N)c1cncn1-c1cnn(C(C)C)c1. The zero-order valence-corrected chi connectivity index (χ0v) is 10.5. The standard InChI is InChI=1S/C12H19N5/c1-4-11(13)12-6-14-8-16(12)10-5-15-17(7-10)9(2)3/h5-9,11H,4,13H2,1-3H3/t11-/m1/s1. The monoisotopic (exact) mass is 233 g/mol. The lowest BCUT2D eigenvalue weighted by Gasteiger charge is -2.11. The molecule has 2 heterocycles. The minimum absolute atomic E-state index is 0.0138. The van der Waals surface area contributed by atoms with Crippen molar-refractivity contribution in [1.82, 2.24) is 19.3 Å². The molecule has 0 bridgehead atoms. The maximum absolute atomic E-state index is 6.06. The van der Waals surface area contributed by atoms with Crippen LogP contribution < -0.4 is 5.73 Å². The minimum atomic E-state index is 0.0138. The molecule has 17 heavy (non-hydrogen) atoms. The Morgan fingerprint density at radius 3 is 2.71 bits per heavy atom. The van der Waals surface area contributed by atoms with E-state index in [1.54, 1.807) is 6.33 Å². The average Bonchev–Trinajstić information content (AvgIpc) is 2.95. The molecule has 2 aromatic rings. The van der Waals surface area contributed by atoms with Gasteiger partial charge in [0.15, 0.2) is 0 Å². The lowest BCUT2D eigenvalue weighted by atomic mass is 10.2. The summed E-state index contributed by atoms with van der Waals surface area (Å²) in [5, 5.41) is 4.33. The molecule has 5 nitrogen and oxygen atoms in total. The van der Waals surface area contributed by atoms with Gasteiger partial charge in [-0.1, -0.05) is 6.92 Å². The van der Waals surface area contributed by atoms with Gasteiger partial charge in [-0.25, -0.2) is 4.98 Å². The Balaban J connectivity index is 2.36. The molecule has 0 amide bonds. The van der Waals surface area contributed by atoms with E-state index in [4.69, 9.17) is 5.73 Å². The third kappa shape index (κ3) is 2.24. The number of hydrogen-bond donors (Lipinski definition) is 1. The summed E-state index contributed by atoms with van der Waals surface area (Å²) in [6, 6.07) is 0.371. The van der Waals surface area contributed by atoms with Crippen molar-refractivity contribution in [2.24, 2.45) is 5.73 Å². The molecule has 0 aliphatic heterocycles. The van der Waals surface area contributed by atoms with Gasteiger partial charge in [0.05, 0.1) is 30.1 Å². The highest BCUT2D eigenvalue weighted by Gasteiger charge is 2.12. The highest BCUT2D eigenvalue weighted by Crippen LogP contribution is 2.18. The fraction of sp³-hybridized carbons (Fsp3) is 0.500. The third-order valence-electron chi connectivity index (χ3n) is 2.88. The van der Waals surface area contributed by atoms with Crippen LogP contribution in [-0.2, 0) is 0 Å². The molecule has 0 fully saturated rings. The van der Waals surface area contributed by atoms with Crippen molar-refractivity contribution in [2.45, 2.75) is 39.3 Å². The van der Waals surface area contributed by atoms with Gasteiger partial charge in [0.2, 0.25) is 0 Å². The molecule has 0 aliphatic carbocycles. The Labute approximate surface area is 101 Å². The first kappa shape index (κ1) is 11.9. The van der Waals surface area contributed by atoms with Gasteiger partial charge in [-0.05, 0) is 20.3 Å². The molecular weight excluding hydrogens is 214 g/mol. The second-order valence-electron chi connectivity index (χ2n) is 4.48. The molecule has 92 valence electrons. The van der Waals surface area contributed by atoms with Crippen molar-refractivity contribution >= 4 is 0 Å². The number of hydrogen-bond acceptors (Lipinski definition) is 3. The normalized spacial score (nSPS) is 13.2. The van der Waals surface area contributed by atoms with Crippen LogP contribution in [0.25, 0.3) is 5.69 Å². The van der Waals surface area contributed by atoms with Gasteiger partial charge < -0.3 is 5.73 Å². The third-order valence-corrected chi connectivity index (χ3v) is 2.88. The summed E-state index contributed by atoms with van der Waals surface area (Å²) >= 11 is 0. The first-order valence-electron chi connectivity index (χ1n) is 5.95. The van der Waals surface area contributed by atoms with E-state index in [0.29, 0.717) is 6.04 Å². The summed E-state index contributed by atoms with van der Waals surface area (Å²) in [6.45, 7) is 6.27. The number of nitrogens with two attached hydrogens (primary N) is 1. The highest BCUT2D eigenvalue weighted by atomic mass is 15.3. The van der Waals surface area contributed by atoms with Crippen molar-refractivity contribution in [1.29, 1.82) is 0 Å². The summed E-state index contributed by atoms with van der Waals surface area (Å²) in [5.74, 6) is 0. The minimum Gasteiger partial charge on any atom is -0.323 e. The zero-order valence-electron chi connectivity index (χ0n) is 10.5. The number of aromatic nitrogens is 4. The van der Waals surface area contributed by atoms with E-state index in [0.717, 1.165) is 17.8 Å². The van der Waals surface area contributed by atoms with Crippen LogP contribution in [0.5, 0.6) is 0 Å². The Kier molecular flexibility index (Phi) is 3.28. The van der Waals surface area contributed by atoms with E-state index < -0.39 is 0 Å². The van der Waals surface area contributed by atoms with Gasteiger partial charge in [0, 0.05) is 18.3 Å². The maximum atomic E-state index is 6.06. The number of imidazole rings is 1. The molecule has 0 radical (unpaired) electrons. The predicted octanol–water partition coefficient (Wildman–Crippen LogP) is 2.06. The molecule has 0 saturated carbocycles. The molecule has 2 aromatic heterocycles. The Morgan fingerprint density at radius 2 is 2.12 bits per heavy atom. The molecule has 0 saturated heterocycles. The Morgan fingerprint density at radius 1 is 1.35 bits per heavy atom. The fourth-order valence-electron chi connectivity index (χ4n) is 1.74. The highest BCUT2D eigenvalue weighted by molar-refractivity contribution is 5.29. The van der Waals surface area contributed by atoms with Crippen LogP contribution in [0.2, 0.25) is 0 Å². The summed E-state index contributed by atoms with van der Waals surface area (Å²) in [6.07, 6.45) is 8.35. The topological polar surface area (TPSA) is 61.7 Å². The molecule has 0 aliphatic rings. The zero-order chi connectivity index (χ0) is 12.4. The molecule has 0 spiro atoms. The van der Waals surface area contributed by atoms with Gasteiger partial charge in [-0.2, -0.15) is 5.10 Å².